The summed E-state index contributed by atoms with van der Waals surface area (Å²) in [4.78, 5) is 26.2. The first-order valence-electron chi connectivity index (χ1n) is 7.36. The van der Waals surface area contributed by atoms with E-state index in [0.717, 1.165) is 4.47 Å². The maximum absolute atomic E-state index is 11.9. The van der Waals surface area contributed by atoms with Crippen LogP contribution < -0.4 is 10.6 Å². The number of carbonyl (C=O) groups excluding carboxylic acids is 1. The first-order chi connectivity index (χ1) is 11.5. The predicted octanol–water partition coefficient (Wildman–Crippen LogP) is 3.29. The van der Waals surface area contributed by atoms with E-state index in [1.165, 1.54) is 6.20 Å². The number of nitro groups is 1. The number of halogens is 1. The van der Waals surface area contributed by atoms with Crippen molar-refractivity contribution >= 4 is 33.3 Å². The van der Waals surface area contributed by atoms with E-state index in [2.05, 4.69) is 31.5 Å². The lowest BCUT2D eigenvalue weighted by atomic mass is 10.2. The fourth-order valence-electron chi connectivity index (χ4n) is 2.08. The van der Waals surface area contributed by atoms with Gasteiger partial charge in [-0.3, -0.25) is 14.9 Å². The summed E-state index contributed by atoms with van der Waals surface area (Å²) in [7, 11) is 0. The van der Waals surface area contributed by atoms with Crippen molar-refractivity contribution in [2.75, 3.05) is 18.4 Å². The molecule has 1 aromatic heterocycles. The molecule has 7 nitrogen and oxygen atoms in total. The summed E-state index contributed by atoms with van der Waals surface area (Å²) in [5.41, 5.74) is 1.16. The molecule has 2 N–H and O–H groups in total. The quantitative estimate of drug-likeness (QED) is 0.428. The zero-order valence-electron chi connectivity index (χ0n) is 13.1. The van der Waals surface area contributed by atoms with E-state index in [4.69, 9.17) is 0 Å². The molecule has 0 aliphatic rings. The molecular weight excluding hydrogens is 376 g/mol. The number of rotatable bonds is 7. The fourth-order valence-corrected chi connectivity index (χ4v) is 2.47. The summed E-state index contributed by atoms with van der Waals surface area (Å²) < 4.78 is 0.858. The number of hydrogen-bond acceptors (Lipinski definition) is 5. The average molecular weight is 393 g/mol. The second-order valence-corrected chi connectivity index (χ2v) is 6.08. The van der Waals surface area contributed by atoms with Gasteiger partial charge >= 0.3 is 0 Å². The number of aromatic nitrogens is 1. The van der Waals surface area contributed by atoms with Gasteiger partial charge < -0.3 is 10.6 Å². The van der Waals surface area contributed by atoms with Gasteiger partial charge in [0.1, 0.15) is 12.0 Å². The van der Waals surface area contributed by atoms with Crippen LogP contribution in [0.5, 0.6) is 0 Å². The monoisotopic (exact) mass is 392 g/mol. The van der Waals surface area contributed by atoms with E-state index in [1.807, 2.05) is 12.1 Å². The Morgan fingerprint density at radius 1 is 1.33 bits per heavy atom. The second-order valence-electron chi connectivity index (χ2n) is 5.16. The van der Waals surface area contributed by atoms with Crippen LogP contribution in [0.1, 0.15) is 22.3 Å². The van der Waals surface area contributed by atoms with Crippen molar-refractivity contribution in [1.29, 1.82) is 0 Å². The van der Waals surface area contributed by atoms with E-state index in [1.54, 1.807) is 25.1 Å². The van der Waals surface area contributed by atoms with E-state index < -0.39 is 4.92 Å². The van der Waals surface area contributed by atoms with Crippen LogP contribution in [0, 0.1) is 17.0 Å². The van der Waals surface area contributed by atoms with Gasteiger partial charge in [-0.05, 0) is 37.6 Å². The molecule has 2 rings (SSSR count). The fraction of sp³-hybridized carbons (Fsp3) is 0.250. The highest BCUT2D eigenvalue weighted by Crippen LogP contribution is 2.18. The lowest BCUT2D eigenvalue weighted by Gasteiger charge is -2.08. The van der Waals surface area contributed by atoms with Gasteiger partial charge in [0.2, 0.25) is 0 Å². The number of nitrogens with zero attached hydrogens (tertiary/aromatic N) is 2. The van der Waals surface area contributed by atoms with E-state index in [9.17, 15) is 14.9 Å². The molecule has 0 aliphatic carbocycles. The zero-order valence-corrected chi connectivity index (χ0v) is 14.7. The summed E-state index contributed by atoms with van der Waals surface area (Å²) in [6.45, 7) is 2.79. The molecule has 1 aromatic carbocycles. The van der Waals surface area contributed by atoms with Crippen LogP contribution in [0.4, 0.5) is 11.5 Å². The SMILES string of the molecule is Cc1cc(NCCCNC(=O)c2cccc(Br)c2)ncc1[N+](=O)[O-]. The van der Waals surface area contributed by atoms with Crippen molar-refractivity contribution < 1.29 is 9.72 Å². The van der Waals surface area contributed by atoms with Crippen molar-refractivity contribution in [2.24, 2.45) is 0 Å². The van der Waals surface area contributed by atoms with E-state index in [0.29, 0.717) is 36.5 Å². The number of anilines is 1. The van der Waals surface area contributed by atoms with Crippen molar-refractivity contribution in [3.05, 3.63) is 62.2 Å². The topological polar surface area (TPSA) is 97.2 Å². The molecule has 1 heterocycles. The number of carbonyl (C=O) groups is 1. The standard InChI is InChI=1S/C16H17BrN4O3/c1-11-8-15(20-10-14(11)21(23)24)18-6-3-7-19-16(22)12-4-2-5-13(17)9-12/h2,4-5,8-10H,3,6-7H2,1H3,(H,18,20)(H,19,22). The molecule has 0 radical (unpaired) electrons. The molecule has 2 aromatic rings. The summed E-state index contributed by atoms with van der Waals surface area (Å²) >= 11 is 3.33. The minimum atomic E-state index is -0.455. The number of aryl methyl sites for hydroxylation is 1. The molecular formula is C16H17BrN4O3. The predicted molar refractivity (Wildman–Crippen MR) is 95.2 cm³/mol. The third-order valence-corrected chi connectivity index (χ3v) is 3.81. The van der Waals surface area contributed by atoms with Gasteiger partial charge in [0.25, 0.3) is 11.6 Å². The molecule has 0 saturated carbocycles. The average Bonchev–Trinajstić information content (AvgIpc) is 2.54. The van der Waals surface area contributed by atoms with Gasteiger partial charge in [-0.2, -0.15) is 0 Å². The van der Waals surface area contributed by atoms with Crippen LogP contribution in [-0.2, 0) is 0 Å². The number of hydrogen-bond donors (Lipinski definition) is 2. The van der Waals surface area contributed by atoms with E-state index >= 15 is 0 Å². The highest BCUT2D eigenvalue weighted by molar-refractivity contribution is 9.10. The van der Waals surface area contributed by atoms with E-state index in [-0.39, 0.29) is 11.6 Å². The summed E-state index contributed by atoms with van der Waals surface area (Å²) in [5, 5.41) is 16.7. The van der Waals surface area contributed by atoms with Gasteiger partial charge in [0.05, 0.1) is 4.92 Å². The van der Waals surface area contributed by atoms with Crippen LogP contribution >= 0.6 is 15.9 Å². The van der Waals surface area contributed by atoms with Crippen LogP contribution in [0.2, 0.25) is 0 Å². The van der Waals surface area contributed by atoms with Crippen LogP contribution in [0.25, 0.3) is 0 Å². The molecule has 0 bridgehead atoms. The number of benzene rings is 1. The maximum atomic E-state index is 11.9. The van der Waals surface area contributed by atoms with Crippen LogP contribution in [0.3, 0.4) is 0 Å². The van der Waals surface area contributed by atoms with Crippen molar-refractivity contribution in [3.63, 3.8) is 0 Å². The zero-order chi connectivity index (χ0) is 17.5. The molecule has 126 valence electrons. The lowest BCUT2D eigenvalue weighted by Crippen LogP contribution is -2.25. The number of pyridine rings is 1. The third-order valence-electron chi connectivity index (χ3n) is 3.31. The van der Waals surface area contributed by atoms with Gasteiger partial charge in [-0.1, -0.05) is 22.0 Å². The number of amides is 1. The first-order valence-corrected chi connectivity index (χ1v) is 8.15. The van der Waals surface area contributed by atoms with Crippen LogP contribution in [0.15, 0.2) is 41.0 Å². The Kier molecular flexibility index (Phi) is 6.25. The first kappa shape index (κ1) is 17.9. The summed E-state index contributed by atoms with van der Waals surface area (Å²) in [6.07, 6.45) is 1.95. The van der Waals surface area contributed by atoms with Crippen molar-refractivity contribution in [2.45, 2.75) is 13.3 Å². The Bertz CT molecular complexity index is 752. The molecule has 0 aliphatic heterocycles. The molecule has 0 atom stereocenters. The molecule has 0 fully saturated rings. The van der Waals surface area contributed by atoms with Gasteiger partial charge in [0, 0.05) is 28.7 Å². The normalized spacial score (nSPS) is 10.2. The number of nitrogens with one attached hydrogen (secondary N) is 2. The minimum Gasteiger partial charge on any atom is -0.370 e. The molecule has 8 heteroatoms. The molecule has 0 unspecified atom stereocenters. The largest absolute Gasteiger partial charge is 0.370 e. The van der Waals surface area contributed by atoms with Gasteiger partial charge in [-0.15, -0.1) is 0 Å². The Labute approximate surface area is 147 Å². The third kappa shape index (κ3) is 5.02. The lowest BCUT2D eigenvalue weighted by molar-refractivity contribution is -0.385. The Balaban J connectivity index is 1.74. The van der Waals surface area contributed by atoms with Crippen LogP contribution in [-0.4, -0.2) is 28.9 Å². The van der Waals surface area contributed by atoms with Gasteiger partial charge in [0.15, 0.2) is 0 Å². The minimum absolute atomic E-state index is 0.00170. The van der Waals surface area contributed by atoms with Gasteiger partial charge in [-0.25, -0.2) is 4.98 Å². The second kappa shape index (κ2) is 8.39. The Morgan fingerprint density at radius 2 is 2.12 bits per heavy atom. The Hall–Kier alpha value is -2.48. The smallest absolute Gasteiger partial charge is 0.290 e. The molecule has 0 saturated heterocycles. The highest BCUT2D eigenvalue weighted by atomic mass is 79.9. The Morgan fingerprint density at radius 3 is 2.79 bits per heavy atom. The van der Waals surface area contributed by atoms with Crippen molar-refractivity contribution in [1.82, 2.24) is 10.3 Å². The molecule has 0 spiro atoms. The maximum Gasteiger partial charge on any atom is 0.290 e. The van der Waals surface area contributed by atoms with Crippen molar-refractivity contribution in [3.8, 4) is 0 Å². The molecule has 24 heavy (non-hydrogen) atoms. The highest BCUT2D eigenvalue weighted by Gasteiger charge is 2.11. The summed E-state index contributed by atoms with van der Waals surface area (Å²) in [5.74, 6) is 0.456. The molecule has 1 amide bonds. The summed E-state index contributed by atoms with van der Waals surface area (Å²) in [6, 6.07) is 8.82.